The number of halogens is 1. The van der Waals surface area contributed by atoms with Crippen molar-refractivity contribution in [1.82, 2.24) is 19.7 Å². The molecule has 0 saturated carbocycles. The predicted octanol–water partition coefficient (Wildman–Crippen LogP) is 2.88. The number of ether oxygens (including phenoxy) is 1. The molecule has 0 spiro atoms. The molecule has 0 aliphatic carbocycles. The Morgan fingerprint density at radius 2 is 1.68 bits per heavy atom. The second kappa shape index (κ2) is 7.67. The number of piperazine rings is 1. The van der Waals surface area contributed by atoms with Gasteiger partial charge in [-0.1, -0.05) is 0 Å². The summed E-state index contributed by atoms with van der Waals surface area (Å²) in [5.74, 6) is 0.982. The van der Waals surface area contributed by atoms with Gasteiger partial charge in [-0.05, 0) is 48.5 Å². The number of rotatable bonds is 3. The summed E-state index contributed by atoms with van der Waals surface area (Å²) in [6.45, 7) is 2.48. The van der Waals surface area contributed by atoms with E-state index in [0.717, 1.165) is 17.0 Å². The van der Waals surface area contributed by atoms with Gasteiger partial charge in [0.15, 0.2) is 5.82 Å². The second-order valence-corrected chi connectivity index (χ2v) is 6.47. The van der Waals surface area contributed by atoms with E-state index in [9.17, 15) is 9.18 Å². The first-order valence-electron chi connectivity index (χ1n) is 9.00. The number of nitrogens with zero attached hydrogens (tertiary/aromatic N) is 5. The largest absolute Gasteiger partial charge is 0.497 e. The standard InChI is InChI=1S/C20H20FN5O2/c1-28-18-8-2-15(3-9-18)19-22-14-26(23-19)20(27)25-12-10-24(11-13-25)17-6-4-16(21)5-7-17/h2-9,14H,10-13H2,1H3. The fourth-order valence-electron chi connectivity index (χ4n) is 3.18. The van der Waals surface area contributed by atoms with Crippen molar-refractivity contribution in [2.45, 2.75) is 0 Å². The van der Waals surface area contributed by atoms with Crippen molar-refractivity contribution in [2.75, 3.05) is 38.2 Å². The maximum Gasteiger partial charge on any atom is 0.346 e. The van der Waals surface area contributed by atoms with E-state index >= 15 is 0 Å². The predicted molar refractivity (Wildman–Crippen MR) is 103 cm³/mol. The Hall–Kier alpha value is -3.42. The van der Waals surface area contributed by atoms with Crippen LogP contribution < -0.4 is 9.64 Å². The van der Waals surface area contributed by atoms with E-state index < -0.39 is 0 Å². The lowest BCUT2D eigenvalue weighted by Gasteiger charge is -2.35. The number of carbonyl (C=O) groups excluding carboxylic acids is 1. The summed E-state index contributed by atoms with van der Waals surface area (Å²) in [6, 6.07) is 13.6. The molecular formula is C20H20FN5O2. The lowest BCUT2D eigenvalue weighted by atomic mass is 10.2. The highest BCUT2D eigenvalue weighted by atomic mass is 19.1. The van der Waals surface area contributed by atoms with Crippen LogP contribution in [-0.2, 0) is 0 Å². The van der Waals surface area contributed by atoms with Crippen molar-refractivity contribution in [3.05, 3.63) is 60.7 Å². The molecule has 0 radical (unpaired) electrons. The summed E-state index contributed by atoms with van der Waals surface area (Å²) in [5, 5.41) is 4.32. The van der Waals surface area contributed by atoms with E-state index in [1.807, 2.05) is 24.3 Å². The van der Waals surface area contributed by atoms with E-state index in [-0.39, 0.29) is 11.8 Å². The fourth-order valence-corrected chi connectivity index (χ4v) is 3.18. The number of methoxy groups -OCH3 is 1. The third-order valence-electron chi connectivity index (χ3n) is 4.78. The van der Waals surface area contributed by atoms with E-state index in [4.69, 9.17) is 4.74 Å². The average molecular weight is 381 g/mol. The van der Waals surface area contributed by atoms with Crippen LogP contribution in [0.4, 0.5) is 14.9 Å². The van der Waals surface area contributed by atoms with Gasteiger partial charge in [-0.15, -0.1) is 5.10 Å². The Labute approximate surface area is 162 Å². The van der Waals surface area contributed by atoms with Gasteiger partial charge in [-0.2, -0.15) is 4.68 Å². The van der Waals surface area contributed by atoms with Crippen LogP contribution in [0.25, 0.3) is 11.4 Å². The quantitative estimate of drug-likeness (QED) is 0.698. The molecule has 2 heterocycles. The Kier molecular flexibility index (Phi) is 4.92. The average Bonchev–Trinajstić information content (AvgIpc) is 3.24. The van der Waals surface area contributed by atoms with Crippen LogP contribution in [0.5, 0.6) is 5.75 Å². The molecular weight excluding hydrogens is 361 g/mol. The SMILES string of the molecule is COc1ccc(-c2ncn(C(=O)N3CCN(c4ccc(F)cc4)CC3)n2)cc1. The number of amides is 1. The van der Waals surface area contributed by atoms with E-state index in [0.29, 0.717) is 32.0 Å². The highest BCUT2D eigenvalue weighted by Crippen LogP contribution is 2.20. The first kappa shape index (κ1) is 18.0. The summed E-state index contributed by atoms with van der Waals surface area (Å²) >= 11 is 0. The minimum atomic E-state index is -0.253. The van der Waals surface area contributed by atoms with Crippen molar-refractivity contribution in [1.29, 1.82) is 0 Å². The zero-order valence-electron chi connectivity index (χ0n) is 15.5. The molecule has 3 aromatic rings. The Bertz CT molecular complexity index is 947. The zero-order chi connectivity index (χ0) is 19.5. The molecule has 1 saturated heterocycles. The first-order valence-corrected chi connectivity index (χ1v) is 9.00. The Morgan fingerprint density at radius 3 is 2.32 bits per heavy atom. The molecule has 0 atom stereocenters. The van der Waals surface area contributed by atoms with Gasteiger partial charge in [-0.25, -0.2) is 14.2 Å². The van der Waals surface area contributed by atoms with Crippen molar-refractivity contribution >= 4 is 11.7 Å². The molecule has 144 valence electrons. The van der Waals surface area contributed by atoms with Crippen LogP contribution in [-0.4, -0.2) is 59.0 Å². The molecule has 0 N–H and O–H groups in total. The second-order valence-electron chi connectivity index (χ2n) is 6.47. The number of carbonyl (C=O) groups is 1. The van der Waals surface area contributed by atoms with Crippen LogP contribution >= 0.6 is 0 Å². The van der Waals surface area contributed by atoms with Crippen molar-refractivity contribution < 1.29 is 13.9 Å². The lowest BCUT2D eigenvalue weighted by Crippen LogP contribution is -2.50. The molecule has 1 aromatic heterocycles. The summed E-state index contributed by atoms with van der Waals surface area (Å²) in [6.07, 6.45) is 1.44. The molecule has 0 bridgehead atoms. The number of benzene rings is 2. The topological polar surface area (TPSA) is 63.5 Å². The normalized spacial score (nSPS) is 14.2. The number of hydrogen-bond donors (Lipinski definition) is 0. The van der Waals surface area contributed by atoms with Crippen LogP contribution in [0.2, 0.25) is 0 Å². The molecule has 1 aliphatic heterocycles. The first-order chi connectivity index (χ1) is 13.6. The monoisotopic (exact) mass is 381 g/mol. The smallest absolute Gasteiger partial charge is 0.346 e. The van der Waals surface area contributed by atoms with Gasteiger partial charge in [0.25, 0.3) is 0 Å². The van der Waals surface area contributed by atoms with Crippen molar-refractivity contribution in [3.63, 3.8) is 0 Å². The number of hydrogen-bond acceptors (Lipinski definition) is 5. The summed E-state index contributed by atoms with van der Waals surface area (Å²) in [4.78, 5) is 20.9. The minimum Gasteiger partial charge on any atom is -0.497 e. The van der Waals surface area contributed by atoms with Crippen LogP contribution in [0.1, 0.15) is 0 Å². The molecule has 8 heteroatoms. The summed E-state index contributed by atoms with van der Waals surface area (Å²) < 4.78 is 19.5. The summed E-state index contributed by atoms with van der Waals surface area (Å²) in [5.41, 5.74) is 1.77. The van der Waals surface area contributed by atoms with Gasteiger partial charge in [0.2, 0.25) is 0 Å². The third-order valence-corrected chi connectivity index (χ3v) is 4.78. The van der Waals surface area contributed by atoms with Gasteiger partial charge >= 0.3 is 6.03 Å². The zero-order valence-corrected chi connectivity index (χ0v) is 15.5. The van der Waals surface area contributed by atoms with Gasteiger partial charge in [0.1, 0.15) is 17.9 Å². The molecule has 0 unspecified atom stereocenters. The van der Waals surface area contributed by atoms with Gasteiger partial charge in [-0.3, -0.25) is 0 Å². The Morgan fingerprint density at radius 1 is 1.00 bits per heavy atom. The highest BCUT2D eigenvalue weighted by molar-refractivity contribution is 5.76. The highest BCUT2D eigenvalue weighted by Gasteiger charge is 2.23. The maximum absolute atomic E-state index is 13.1. The molecule has 7 nitrogen and oxygen atoms in total. The number of aromatic nitrogens is 3. The molecule has 4 rings (SSSR count). The van der Waals surface area contributed by atoms with Crippen molar-refractivity contribution in [2.24, 2.45) is 0 Å². The van der Waals surface area contributed by atoms with E-state index in [1.165, 1.54) is 23.1 Å². The van der Waals surface area contributed by atoms with Crippen LogP contribution in [0, 0.1) is 5.82 Å². The van der Waals surface area contributed by atoms with Gasteiger partial charge in [0, 0.05) is 37.4 Å². The molecule has 1 amide bonds. The molecule has 28 heavy (non-hydrogen) atoms. The fraction of sp³-hybridized carbons (Fsp3) is 0.250. The van der Waals surface area contributed by atoms with Gasteiger partial charge in [0.05, 0.1) is 7.11 Å². The van der Waals surface area contributed by atoms with Gasteiger partial charge < -0.3 is 14.5 Å². The Balaban J connectivity index is 1.40. The van der Waals surface area contributed by atoms with Crippen molar-refractivity contribution in [3.8, 4) is 17.1 Å². The maximum atomic E-state index is 13.1. The van der Waals surface area contributed by atoms with Crippen LogP contribution in [0.15, 0.2) is 54.9 Å². The van der Waals surface area contributed by atoms with E-state index in [2.05, 4.69) is 15.0 Å². The molecule has 1 aliphatic rings. The lowest BCUT2D eigenvalue weighted by molar-refractivity contribution is 0.192. The van der Waals surface area contributed by atoms with E-state index in [1.54, 1.807) is 24.1 Å². The minimum absolute atomic E-state index is 0.203. The van der Waals surface area contributed by atoms with Crippen LogP contribution in [0.3, 0.4) is 0 Å². The summed E-state index contributed by atoms with van der Waals surface area (Å²) in [7, 11) is 1.61. The third kappa shape index (κ3) is 3.66. The molecule has 1 fully saturated rings. The molecule has 2 aromatic carbocycles. The number of anilines is 1.